The maximum Gasteiger partial charge on any atom is 0.201 e. The van der Waals surface area contributed by atoms with Crippen LogP contribution in [0, 0.1) is 17.5 Å². The van der Waals surface area contributed by atoms with Gasteiger partial charge in [-0.3, -0.25) is 0 Å². The Kier molecular flexibility index (Phi) is 5.90. The monoisotopic (exact) mass is 324 g/mol. The summed E-state index contributed by atoms with van der Waals surface area (Å²) in [6.07, 6.45) is 1.44. The third-order valence-corrected chi connectivity index (χ3v) is 3.21. The predicted molar refractivity (Wildman–Crippen MR) is 83.3 cm³/mol. The second-order valence-electron chi connectivity index (χ2n) is 5.08. The van der Waals surface area contributed by atoms with Gasteiger partial charge in [0.25, 0.3) is 0 Å². The molecule has 0 atom stereocenters. The van der Waals surface area contributed by atoms with Gasteiger partial charge in [0.1, 0.15) is 0 Å². The average Bonchev–Trinajstić information content (AvgIpc) is 2.55. The zero-order chi connectivity index (χ0) is 16.8. The van der Waals surface area contributed by atoms with E-state index in [9.17, 15) is 13.2 Å². The molecule has 0 saturated carbocycles. The molecule has 0 saturated heterocycles. The van der Waals surface area contributed by atoms with E-state index in [1.54, 1.807) is 0 Å². The highest BCUT2D eigenvalue weighted by Gasteiger charge is 2.17. The van der Waals surface area contributed by atoms with Gasteiger partial charge < -0.3 is 9.47 Å². The normalized spacial score (nSPS) is 10.7. The quantitative estimate of drug-likeness (QED) is 0.683. The van der Waals surface area contributed by atoms with Crippen molar-refractivity contribution in [2.75, 3.05) is 13.2 Å². The Labute approximate surface area is 133 Å². The van der Waals surface area contributed by atoms with Gasteiger partial charge >= 0.3 is 0 Å². The largest absolute Gasteiger partial charge is 0.491 e. The lowest BCUT2D eigenvalue weighted by molar-refractivity contribution is 0.295. The number of rotatable bonds is 7. The molecule has 0 aliphatic carbocycles. The van der Waals surface area contributed by atoms with Gasteiger partial charge in [-0.15, -0.1) is 0 Å². The minimum atomic E-state index is -1.07. The van der Waals surface area contributed by atoms with E-state index in [1.807, 2.05) is 13.8 Å². The molecule has 2 rings (SSSR count). The summed E-state index contributed by atoms with van der Waals surface area (Å²) in [6, 6.07) is 6.78. The first-order valence-electron chi connectivity index (χ1n) is 7.62. The second kappa shape index (κ2) is 7.90. The Morgan fingerprint density at radius 2 is 1.39 bits per heavy atom. The van der Waals surface area contributed by atoms with Crippen molar-refractivity contribution in [2.45, 2.75) is 26.7 Å². The molecule has 0 fully saturated rings. The lowest BCUT2D eigenvalue weighted by Gasteiger charge is -2.11. The Hall–Kier alpha value is -2.17. The van der Waals surface area contributed by atoms with Crippen LogP contribution in [0.25, 0.3) is 11.1 Å². The molecular weight excluding hydrogens is 305 g/mol. The fourth-order valence-corrected chi connectivity index (χ4v) is 2.08. The summed E-state index contributed by atoms with van der Waals surface area (Å²) in [7, 11) is 0. The summed E-state index contributed by atoms with van der Waals surface area (Å²) in [5.41, 5.74) is 0.220. The molecule has 0 aliphatic heterocycles. The van der Waals surface area contributed by atoms with Crippen LogP contribution in [0.1, 0.15) is 26.7 Å². The van der Waals surface area contributed by atoms with Crippen LogP contribution in [-0.4, -0.2) is 13.2 Å². The zero-order valence-electron chi connectivity index (χ0n) is 13.2. The van der Waals surface area contributed by atoms with Crippen molar-refractivity contribution in [1.82, 2.24) is 0 Å². The molecule has 2 nitrogen and oxygen atoms in total. The van der Waals surface area contributed by atoms with Crippen LogP contribution in [0.3, 0.4) is 0 Å². The van der Waals surface area contributed by atoms with Crippen molar-refractivity contribution >= 4 is 0 Å². The van der Waals surface area contributed by atoms with Gasteiger partial charge in [-0.1, -0.05) is 19.9 Å². The molecule has 0 bridgehead atoms. The SMILES string of the molecule is CCCOc1ccc(-c2ccc(OCCC)c(F)c2F)cc1F. The van der Waals surface area contributed by atoms with Crippen LogP contribution in [0.2, 0.25) is 0 Å². The third-order valence-electron chi connectivity index (χ3n) is 3.21. The summed E-state index contributed by atoms with van der Waals surface area (Å²) >= 11 is 0. The fourth-order valence-electron chi connectivity index (χ4n) is 2.08. The minimum Gasteiger partial charge on any atom is -0.491 e. The lowest BCUT2D eigenvalue weighted by atomic mass is 10.0. The molecular formula is C18H19F3O2. The van der Waals surface area contributed by atoms with Crippen LogP contribution < -0.4 is 9.47 Å². The van der Waals surface area contributed by atoms with E-state index in [-0.39, 0.29) is 22.6 Å². The highest BCUT2D eigenvalue weighted by molar-refractivity contribution is 5.66. The summed E-state index contributed by atoms with van der Waals surface area (Å²) in [6.45, 7) is 4.47. The van der Waals surface area contributed by atoms with Crippen molar-refractivity contribution in [1.29, 1.82) is 0 Å². The predicted octanol–water partition coefficient (Wildman–Crippen LogP) is 5.35. The smallest absolute Gasteiger partial charge is 0.201 e. The van der Waals surface area contributed by atoms with E-state index in [2.05, 4.69) is 0 Å². The molecule has 0 unspecified atom stereocenters. The van der Waals surface area contributed by atoms with E-state index < -0.39 is 17.5 Å². The van der Waals surface area contributed by atoms with E-state index in [1.165, 1.54) is 24.3 Å². The number of ether oxygens (including phenoxy) is 2. The molecule has 0 aromatic heterocycles. The van der Waals surface area contributed by atoms with Gasteiger partial charge in [-0.2, -0.15) is 4.39 Å². The third kappa shape index (κ3) is 3.97. The molecule has 124 valence electrons. The van der Waals surface area contributed by atoms with Gasteiger partial charge in [0.05, 0.1) is 13.2 Å². The number of hydrogen-bond acceptors (Lipinski definition) is 2. The number of hydrogen-bond donors (Lipinski definition) is 0. The first kappa shape index (κ1) is 17.2. The van der Waals surface area contributed by atoms with Crippen LogP contribution in [0.4, 0.5) is 13.2 Å². The Bertz CT molecular complexity index is 672. The number of benzene rings is 2. The maximum absolute atomic E-state index is 14.2. The molecule has 2 aromatic rings. The topological polar surface area (TPSA) is 18.5 Å². The van der Waals surface area contributed by atoms with E-state index >= 15 is 0 Å². The minimum absolute atomic E-state index is 0.0210. The molecule has 0 aliphatic rings. The van der Waals surface area contributed by atoms with Crippen molar-refractivity contribution in [3.05, 3.63) is 47.8 Å². The van der Waals surface area contributed by atoms with Crippen molar-refractivity contribution in [2.24, 2.45) is 0 Å². The molecule has 23 heavy (non-hydrogen) atoms. The van der Waals surface area contributed by atoms with Crippen LogP contribution >= 0.6 is 0 Å². The summed E-state index contributed by atoms with van der Waals surface area (Å²) < 4.78 is 52.5. The van der Waals surface area contributed by atoms with Crippen molar-refractivity contribution in [3.8, 4) is 22.6 Å². The molecule has 2 aromatic carbocycles. The van der Waals surface area contributed by atoms with Crippen LogP contribution in [-0.2, 0) is 0 Å². The van der Waals surface area contributed by atoms with Gasteiger partial charge in [0, 0.05) is 5.56 Å². The van der Waals surface area contributed by atoms with E-state index in [0.717, 1.165) is 12.5 Å². The Morgan fingerprint density at radius 3 is 2.00 bits per heavy atom. The lowest BCUT2D eigenvalue weighted by Crippen LogP contribution is -2.01. The van der Waals surface area contributed by atoms with Crippen LogP contribution in [0.5, 0.6) is 11.5 Å². The molecule has 0 radical (unpaired) electrons. The van der Waals surface area contributed by atoms with Crippen LogP contribution in [0.15, 0.2) is 30.3 Å². The Morgan fingerprint density at radius 1 is 0.783 bits per heavy atom. The van der Waals surface area contributed by atoms with E-state index in [4.69, 9.17) is 9.47 Å². The molecule has 0 heterocycles. The molecule has 5 heteroatoms. The van der Waals surface area contributed by atoms with Gasteiger partial charge in [-0.05, 0) is 42.7 Å². The highest BCUT2D eigenvalue weighted by Crippen LogP contribution is 2.32. The summed E-state index contributed by atoms with van der Waals surface area (Å²) in [5, 5.41) is 0. The first-order chi connectivity index (χ1) is 11.1. The van der Waals surface area contributed by atoms with Gasteiger partial charge in [0.15, 0.2) is 23.1 Å². The Balaban J connectivity index is 2.31. The van der Waals surface area contributed by atoms with Gasteiger partial charge in [0.2, 0.25) is 5.82 Å². The summed E-state index contributed by atoms with van der Waals surface area (Å²) in [4.78, 5) is 0. The average molecular weight is 324 g/mol. The van der Waals surface area contributed by atoms with Crippen molar-refractivity contribution < 1.29 is 22.6 Å². The standard InChI is InChI=1S/C18H19F3O2/c1-3-9-22-15-7-5-12(11-14(15)19)13-6-8-16(23-10-4-2)18(21)17(13)20/h5-8,11H,3-4,9-10H2,1-2H3. The zero-order valence-corrected chi connectivity index (χ0v) is 13.2. The number of halogens is 3. The van der Waals surface area contributed by atoms with Gasteiger partial charge in [-0.25, -0.2) is 8.78 Å². The first-order valence-corrected chi connectivity index (χ1v) is 7.62. The fraction of sp³-hybridized carbons (Fsp3) is 0.333. The molecule has 0 N–H and O–H groups in total. The second-order valence-corrected chi connectivity index (χ2v) is 5.08. The van der Waals surface area contributed by atoms with E-state index in [0.29, 0.717) is 19.6 Å². The maximum atomic E-state index is 14.2. The molecule has 0 amide bonds. The molecule has 0 spiro atoms. The summed E-state index contributed by atoms with van der Waals surface area (Å²) in [5.74, 6) is -2.78. The highest BCUT2D eigenvalue weighted by atomic mass is 19.2. The van der Waals surface area contributed by atoms with Crippen molar-refractivity contribution in [3.63, 3.8) is 0 Å².